The van der Waals surface area contributed by atoms with E-state index in [-0.39, 0.29) is 12.1 Å². The van der Waals surface area contributed by atoms with Gasteiger partial charge in [-0.05, 0) is 22.0 Å². The summed E-state index contributed by atoms with van der Waals surface area (Å²) in [4.78, 5) is 3.83. The van der Waals surface area contributed by atoms with Crippen molar-refractivity contribution in [1.82, 2.24) is 4.98 Å². The van der Waals surface area contributed by atoms with Crippen LogP contribution < -0.4 is 5.73 Å². The molecule has 0 radical (unpaired) electrons. The number of nitrogens with zero attached hydrogens (tertiary/aromatic N) is 1. The lowest BCUT2D eigenvalue weighted by Gasteiger charge is -2.05. The van der Waals surface area contributed by atoms with Crippen LogP contribution in [0.1, 0.15) is 17.7 Å². The highest BCUT2D eigenvalue weighted by Crippen LogP contribution is 2.28. The van der Waals surface area contributed by atoms with Crippen molar-refractivity contribution in [1.29, 1.82) is 0 Å². The number of pyridine rings is 1. The quantitative estimate of drug-likeness (QED) is 0.856. The molecule has 0 saturated carbocycles. The van der Waals surface area contributed by atoms with Crippen LogP contribution in [0.5, 0.6) is 0 Å². The summed E-state index contributed by atoms with van der Waals surface area (Å²) in [6.45, 7) is 0.154. The van der Waals surface area contributed by atoms with Gasteiger partial charge >= 0.3 is 0 Å². The molecule has 1 aromatic heterocycles. The number of halogens is 3. The summed E-state index contributed by atoms with van der Waals surface area (Å²) in [7, 11) is 0. The van der Waals surface area contributed by atoms with Gasteiger partial charge in [-0.3, -0.25) is 4.98 Å². The van der Waals surface area contributed by atoms with E-state index in [2.05, 4.69) is 20.9 Å². The summed E-state index contributed by atoms with van der Waals surface area (Å²) < 4.78 is 24.8. The third-order valence-electron chi connectivity index (χ3n) is 1.42. The second-order valence-corrected chi connectivity index (χ2v) is 2.96. The van der Waals surface area contributed by atoms with Crippen LogP contribution in [0.25, 0.3) is 0 Å². The molecule has 0 aromatic carbocycles. The molecule has 2 nitrogen and oxygen atoms in total. The van der Waals surface area contributed by atoms with E-state index in [0.717, 1.165) is 0 Å². The zero-order valence-corrected chi connectivity index (χ0v) is 7.68. The van der Waals surface area contributed by atoms with Crippen LogP contribution >= 0.6 is 15.9 Å². The Morgan fingerprint density at radius 3 is 2.75 bits per heavy atom. The molecule has 2 N–H and O–H groups in total. The smallest absolute Gasteiger partial charge is 0.265 e. The number of rotatable bonds is 2. The first-order valence-corrected chi connectivity index (χ1v) is 4.07. The van der Waals surface area contributed by atoms with E-state index in [0.29, 0.717) is 10.2 Å². The normalized spacial score (nSPS) is 10.8. The average Bonchev–Trinajstić information content (AvgIpc) is 2.04. The first kappa shape index (κ1) is 9.54. The van der Waals surface area contributed by atoms with Crippen molar-refractivity contribution in [3.8, 4) is 0 Å². The predicted octanol–water partition coefficient (Wildman–Crippen LogP) is 2.24. The molecule has 0 fully saturated rings. The molecule has 0 spiro atoms. The van der Waals surface area contributed by atoms with E-state index in [9.17, 15) is 8.78 Å². The largest absolute Gasteiger partial charge is 0.325 e. The Bertz CT molecular complexity index is 278. The molecule has 66 valence electrons. The molecule has 0 unspecified atom stereocenters. The minimum Gasteiger partial charge on any atom is -0.325 e. The maximum absolute atomic E-state index is 12.2. The fraction of sp³-hybridized carbons (Fsp3) is 0.286. The molecule has 0 bridgehead atoms. The van der Waals surface area contributed by atoms with Crippen molar-refractivity contribution in [2.75, 3.05) is 0 Å². The molecule has 0 aliphatic heterocycles. The maximum Gasteiger partial charge on any atom is 0.265 e. The number of hydrogen-bond donors (Lipinski definition) is 1. The summed E-state index contributed by atoms with van der Waals surface area (Å²) in [5.41, 5.74) is 5.67. The molecule has 0 aliphatic carbocycles. The molecule has 12 heavy (non-hydrogen) atoms. The van der Waals surface area contributed by atoms with Gasteiger partial charge in [0.25, 0.3) is 6.43 Å². The number of hydrogen-bond acceptors (Lipinski definition) is 2. The van der Waals surface area contributed by atoms with Crippen LogP contribution in [-0.4, -0.2) is 4.98 Å². The molecule has 0 atom stereocenters. The summed E-state index contributed by atoms with van der Waals surface area (Å²) in [6.07, 6.45) is -1.17. The molecular formula is C7H7BrF2N2. The lowest BCUT2D eigenvalue weighted by Crippen LogP contribution is -2.02. The van der Waals surface area contributed by atoms with Crippen molar-refractivity contribution >= 4 is 15.9 Å². The van der Waals surface area contributed by atoms with Crippen molar-refractivity contribution in [3.63, 3.8) is 0 Å². The highest BCUT2D eigenvalue weighted by Gasteiger charge is 2.13. The Morgan fingerprint density at radius 2 is 2.25 bits per heavy atom. The van der Waals surface area contributed by atoms with Gasteiger partial charge in [0.05, 0.1) is 5.69 Å². The van der Waals surface area contributed by atoms with Gasteiger partial charge in [-0.15, -0.1) is 0 Å². The second-order valence-electron chi connectivity index (χ2n) is 2.17. The van der Waals surface area contributed by atoms with Crippen LogP contribution in [0.3, 0.4) is 0 Å². The van der Waals surface area contributed by atoms with Gasteiger partial charge in [0, 0.05) is 22.8 Å². The van der Waals surface area contributed by atoms with Gasteiger partial charge in [0.2, 0.25) is 0 Å². The minimum absolute atomic E-state index is 0.0644. The first-order valence-electron chi connectivity index (χ1n) is 3.28. The highest BCUT2D eigenvalue weighted by molar-refractivity contribution is 9.10. The SMILES string of the molecule is NCc1nccc(C(F)F)c1Br. The van der Waals surface area contributed by atoms with Crippen molar-refractivity contribution in [2.24, 2.45) is 5.73 Å². The van der Waals surface area contributed by atoms with E-state index < -0.39 is 6.43 Å². The standard InChI is InChI=1S/C7H7BrF2N2/c8-6-4(7(9)10)1-2-12-5(6)3-11/h1-2,7H,3,11H2. The summed E-state index contributed by atoms with van der Waals surface area (Å²) in [6, 6.07) is 1.27. The fourth-order valence-corrected chi connectivity index (χ4v) is 1.38. The van der Waals surface area contributed by atoms with Gasteiger partial charge in [0.1, 0.15) is 0 Å². The van der Waals surface area contributed by atoms with E-state index in [1.807, 2.05) is 0 Å². The molecule has 0 saturated heterocycles. The van der Waals surface area contributed by atoms with Crippen molar-refractivity contribution < 1.29 is 8.78 Å². The van der Waals surface area contributed by atoms with Gasteiger partial charge in [-0.25, -0.2) is 8.78 Å². The first-order chi connectivity index (χ1) is 5.66. The molecule has 0 amide bonds. The minimum atomic E-state index is -2.49. The Kier molecular flexibility index (Phi) is 3.11. The molecule has 0 aliphatic rings. The summed E-state index contributed by atoms with van der Waals surface area (Å²) >= 11 is 3.02. The van der Waals surface area contributed by atoms with E-state index >= 15 is 0 Å². The lowest BCUT2D eigenvalue weighted by molar-refractivity contribution is 0.150. The predicted molar refractivity (Wildman–Crippen MR) is 44.8 cm³/mol. The lowest BCUT2D eigenvalue weighted by atomic mass is 10.2. The van der Waals surface area contributed by atoms with Gasteiger partial charge in [-0.1, -0.05) is 0 Å². The maximum atomic E-state index is 12.2. The highest BCUT2D eigenvalue weighted by atomic mass is 79.9. The zero-order valence-electron chi connectivity index (χ0n) is 6.10. The monoisotopic (exact) mass is 236 g/mol. The summed E-state index contributed by atoms with van der Waals surface area (Å²) in [5.74, 6) is 0. The Morgan fingerprint density at radius 1 is 1.58 bits per heavy atom. The van der Waals surface area contributed by atoms with Gasteiger partial charge < -0.3 is 5.73 Å². The van der Waals surface area contributed by atoms with Crippen LogP contribution in [0.15, 0.2) is 16.7 Å². The van der Waals surface area contributed by atoms with Crippen LogP contribution in [0.2, 0.25) is 0 Å². The molecule has 1 heterocycles. The van der Waals surface area contributed by atoms with E-state index in [1.165, 1.54) is 12.3 Å². The molecular weight excluding hydrogens is 230 g/mol. The molecule has 1 rings (SSSR count). The number of alkyl halides is 2. The summed E-state index contributed by atoms with van der Waals surface area (Å²) in [5, 5.41) is 0. The fourth-order valence-electron chi connectivity index (χ4n) is 0.815. The zero-order chi connectivity index (χ0) is 9.14. The Hall–Kier alpha value is -0.550. The van der Waals surface area contributed by atoms with Crippen LogP contribution in [0.4, 0.5) is 8.78 Å². The van der Waals surface area contributed by atoms with Crippen molar-refractivity contribution in [3.05, 3.63) is 28.0 Å². The second kappa shape index (κ2) is 3.91. The third-order valence-corrected chi connectivity index (χ3v) is 2.34. The molecule has 1 aromatic rings. The molecule has 5 heteroatoms. The Labute approximate surface area is 76.9 Å². The van der Waals surface area contributed by atoms with Gasteiger partial charge in [0.15, 0.2) is 0 Å². The van der Waals surface area contributed by atoms with Crippen LogP contribution in [0, 0.1) is 0 Å². The van der Waals surface area contributed by atoms with Gasteiger partial charge in [-0.2, -0.15) is 0 Å². The van der Waals surface area contributed by atoms with E-state index in [4.69, 9.17) is 5.73 Å². The van der Waals surface area contributed by atoms with Crippen molar-refractivity contribution in [2.45, 2.75) is 13.0 Å². The van der Waals surface area contributed by atoms with Crippen LogP contribution in [-0.2, 0) is 6.54 Å². The Balaban J connectivity index is 3.14. The number of aromatic nitrogens is 1. The average molecular weight is 237 g/mol. The number of nitrogens with two attached hydrogens (primary N) is 1. The third kappa shape index (κ3) is 1.78. The van der Waals surface area contributed by atoms with E-state index in [1.54, 1.807) is 0 Å². The topological polar surface area (TPSA) is 38.9 Å².